The molecule has 1 amide bonds. The summed E-state index contributed by atoms with van der Waals surface area (Å²) in [6.45, 7) is 6.59. The van der Waals surface area contributed by atoms with E-state index in [0.717, 1.165) is 5.01 Å². The van der Waals surface area contributed by atoms with Crippen molar-refractivity contribution in [1.82, 2.24) is 5.01 Å². The van der Waals surface area contributed by atoms with Gasteiger partial charge in [-0.1, -0.05) is 6.92 Å². The zero-order chi connectivity index (χ0) is 15.7. The lowest BCUT2D eigenvalue weighted by molar-refractivity contribution is -0.183. The van der Waals surface area contributed by atoms with Gasteiger partial charge in [0.1, 0.15) is 5.60 Å². The number of hydrazine groups is 1. The fourth-order valence-electron chi connectivity index (χ4n) is 2.34. The number of nitrogens with two attached hydrogens (primary N) is 1. The SMILES string of the molecule is C[C@@H]1C(=O)N(N)CCC[C@]1(C(=O)O)C(=O)OC(C)(C)C. The molecule has 0 aromatic carbocycles. The number of aliphatic carboxylic acids is 1. The number of carbonyl (C=O) groups is 3. The Morgan fingerprint density at radius 2 is 2.00 bits per heavy atom. The Morgan fingerprint density at radius 1 is 1.45 bits per heavy atom. The van der Waals surface area contributed by atoms with E-state index < -0.39 is 34.8 Å². The third kappa shape index (κ3) is 2.92. The van der Waals surface area contributed by atoms with Crippen LogP contribution in [-0.4, -0.2) is 40.1 Å². The Labute approximate surface area is 118 Å². The molecule has 2 atom stereocenters. The third-order valence-electron chi connectivity index (χ3n) is 3.51. The van der Waals surface area contributed by atoms with Crippen LogP contribution in [0, 0.1) is 11.3 Å². The first-order valence-corrected chi connectivity index (χ1v) is 6.55. The average Bonchev–Trinajstić information content (AvgIpc) is 2.39. The van der Waals surface area contributed by atoms with E-state index >= 15 is 0 Å². The molecule has 0 aromatic heterocycles. The van der Waals surface area contributed by atoms with Crippen LogP contribution in [0.25, 0.3) is 0 Å². The van der Waals surface area contributed by atoms with Crippen molar-refractivity contribution in [3.05, 3.63) is 0 Å². The van der Waals surface area contributed by atoms with Crippen molar-refractivity contribution in [2.24, 2.45) is 17.2 Å². The highest BCUT2D eigenvalue weighted by molar-refractivity contribution is 6.04. The number of carboxylic acids is 1. The maximum Gasteiger partial charge on any atom is 0.324 e. The van der Waals surface area contributed by atoms with Crippen LogP contribution in [0.3, 0.4) is 0 Å². The monoisotopic (exact) mass is 286 g/mol. The molecule has 3 N–H and O–H groups in total. The van der Waals surface area contributed by atoms with Crippen LogP contribution in [0.5, 0.6) is 0 Å². The molecule has 7 heteroatoms. The van der Waals surface area contributed by atoms with Gasteiger partial charge < -0.3 is 9.84 Å². The van der Waals surface area contributed by atoms with Gasteiger partial charge in [0, 0.05) is 6.54 Å². The highest BCUT2D eigenvalue weighted by Crippen LogP contribution is 2.39. The van der Waals surface area contributed by atoms with Gasteiger partial charge in [0.25, 0.3) is 0 Å². The van der Waals surface area contributed by atoms with Crippen molar-refractivity contribution in [2.75, 3.05) is 6.54 Å². The van der Waals surface area contributed by atoms with Crippen LogP contribution in [0.1, 0.15) is 40.5 Å². The van der Waals surface area contributed by atoms with Crippen molar-refractivity contribution in [3.63, 3.8) is 0 Å². The van der Waals surface area contributed by atoms with Crippen molar-refractivity contribution in [2.45, 2.75) is 46.1 Å². The zero-order valence-electron chi connectivity index (χ0n) is 12.3. The number of esters is 1. The highest BCUT2D eigenvalue weighted by atomic mass is 16.6. The molecule has 1 saturated heterocycles. The number of ether oxygens (including phenoxy) is 1. The number of carbonyl (C=O) groups excluding carboxylic acids is 2. The van der Waals surface area contributed by atoms with Gasteiger partial charge in [0.2, 0.25) is 5.91 Å². The Morgan fingerprint density at radius 3 is 2.45 bits per heavy atom. The number of rotatable bonds is 2. The van der Waals surface area contributed by atoms with Gasteiger partial charge >= 0.3 is 11.9 Å². The van der Waals surface area contributed by atoms with Crippen LogP contribution in [0.4, 0.5) is 0 Å². The van der Waals surface area contributed by atoms with E-state index in [1.807, 2.05) is 0 Å². The molecule has 1 fully saturated rings. The predicted octanol–water partition coefficient (Wildman–Crippen LogP) is 0.531. The number of nitrogens with zero attached hydrogens (tertiary/aromatic N) is 1. The Hall–Kier alpha value is -1.63. The van der Waals surface area contributed by atoms with Gasteiger partial charge in [-0.15, -0.1) is 0 Å². The highest BCUT2D eigenvalue weighted by Gasteiger charge is 2.57. The second kappa shape index (κ2) is 5.40. The average molecular weight is 286 g/mol. The van der Waals surface area contributed by atoms with E-state index in [1.54, 1.807) is 20.8 Å². The molecule has 0 unspecified atom stereocenters. The molecule has 1 aliphatic heterocycles. The summed E-state index contributed by atoms with van der Waals surface area (Å²) in [7, 11) is 0. The van der Waals surface area contributed by atoms with Crippen LogP contribution in [0.2, 0.25) is 0 Å². The molecule has 20 heavy (non-hydrogen) atoms. The lowest BCUT2D eigenvalue weighted by atomic mass is 9.73. The van der Waals surface area contributed by atoms with Crippen molar-refractivity contribution < 1.29 is 24.2 Å². The van der Waals surface area contributed by atoms with Crippen LogP contribution < -0.4 is 5.84 Å². The minimum atomic E-state index is -1.88. The van der Waals surface area contributed by atoms with E-state index in [1.165, 1.54) is 6.92 Å². The van der Waals surface area contributed by atoms with Gasteiger partial charge in [-0.05, 0) is 33.6 Å². The smallest absolute Gasteiger partial charge is 0.324 e. The fourth-order valence-corrected chi connectivity index (χ4v) is 2.34. The van der Waals surface area contributed by atoms with Crippen molar-refractivity contribution in [3.8, 4) is 0 Å². The van der Waals surface area contributed by atoms with E-state index in [4.69, 9.17) is 10.6 Å². The number of hydrogen-bond acceptors (Lipinski definition) is 5. The molecule has 1 rings (SSSR count). The summed E-state index contributed by atoms with van der Waals surface area (Å²) in [5, 5.41) is 10.5. The lowest BCUT2D eigenvalue weighted by Gasteiger charge is -2.33. The largest absolute Gasteiger partial charge is 0.480 e. The molecule has 0 aromatic rings. The second-order valence-corrected chi connectivity index (χ2v) is 6.14. The van der Waals surface area contributed by atoms with Gasteiger partial charge in [-0.25, -0.2) is 5.84 Å². The molecular formula is C13H22N2O5. The maximum atomic E-state index is 12.4. The molecule has 1 aliphatic rings. The lowest BCUT2D eigenvalue weighted by Crippen LogP contribution is -2.52. The number of amides is 1. The van der Waals surface area contributed by atoms with Gasteiger partial charge in [-0.2, -0.15) is 0 Å². The first-order valence-electron chi connectivity index (χ1n) is 6.55. The quantitative estimate of drug-likeness (QED) is 0.331. The summed E-state index contributed by atoms with van der Waals surface area (Å²) in [5.74, 6) is 1.70. The molecule has 0 radical (unpaired) electrons. The topological polar surface area (TPSA) is 110 Å². The Balaban J connectivity index is 3.23. The minimum absolute atomic E-state index is 0.0256. The van der Waals surface area contributed by atoms with E-state index in [0.29, 0.717) is 6.42 Å². The minimum Gasteiger partial charge on any atom is -0.480 e. The summed E-state index contributed by atoms with van der Waals surface area (Å²) in [6.07, 6.45) is 0.357. The number of hydrogen-bond donors (Lipinski definition) is 2. The molecule has 1 heterocycles. The van der Waals surface area contributed by atoms with Crippen LogP contribution >= 0.6 is 0 Å². The molecule has 0 saturated carbocycles. The summed E-state index contributed by atoms with van der Waals surface area (Å²) in [5.41, 5.74) is -2.70. The molecule has 0 aliphatic carbocycles. The Bertz CT molecular complexity index is 429. The Kier molecular flexibility index (Phi) is 4.43. The molecule has 0 spiro atoms. The van der Waals surface area contributed by atoms with Gasteiger partial charge in [-0.3, -0.25) is 19.4 Å². The fraction of sp³-hybridized carbons (Fsp3) is 0.769. The van der Waals surface area contributed by atoms with E-state index in [-0.39, 0.29) is 13.0 Å². The standard InChI is InChI=1S/C13H22N2O5/c1-8-9(16)15(14)7-5-6-13(8,10(17)18)11(19)20-12(2,3)4/h8H,5-7,14H2,1-4H3,(H,17,18)/t8-,13+/m1/s1. The normalized spacial score (nSPS) is 27.9. The van der Waals surface area contributed by atoms with Crippen LogP contribution in [-0.2, 0) is 19.1 Å². The first kappa shape index (κ1) is 16.4. The van der Waals surface area contributed by atoms with Gasteiger partial charge in [0.05, 0.1) is 5.92 Å². The molecular weight excluding hydrogens is 264 g/mol. The van der Waals surface area contributed by atoms with E-state index in [2.05, 4.69) is 0 Å². The molecule has 0 bridgehead atoms. The first-order chi connectivity index (χ1) is 9.02. The predicted molar refractivity (Wildman–Crippen MR) is 70.2 cm³/mol. The van der Waals surface area contributed by atoms with Crippen molar-refractivity contribution in [1.29, 1.82) is 0 Å². The summed E-state index contributed by atoms with van der Waals surface area (Å²) < 4.78 is 5.22. The third-order valence-corrected chi connectivity index (χ3v) is 3.51. The summed E-state index contributed by atoms with van der Waals surface area (Å²) in [6, 6.07) is 0. The molecule has 114 valence electrons. The summed E-state index contributed by atoms with van der Waals surface area (Å²) in [4.78, 5) is 36.1. The maximum absolute atomic E-state index is 12.4. The van der Waals surface area contributed by atoms with E-state index in [9.17, 15) is 19.5 Å². The number of carboxylic acid groups (broad SMARTS) is 1. The van der Waals surface area contributed by atoms with Crippen molar-refractivity contribution >= 4 is 17.8 Å². The second-order valence-electron chi connectivity index (χ2n) is 6.14. The molecule has 7 nitrogen and oxygen atoms in total. The summed E-state index contributed by atoms with van der Waals surface area (Å²) >= 11 is 0. The van der Waals surface area contributed by atoms with Crippen LogP contribution in [0.15, 0.2) is 0 Å². The zero-order valence-corrected chi connectivity index (χ0v) is 12.3. The van der Waals surface area contributed by atoms with Gasteiger partial charge in [0.15, 0.2) is 5.41 Å².